The minimum absolute atomic E-state index is 1.07. The summed E-state index contributed by atoms with van der Waals surface area (Å²) in [7, 11) is 0. The molecular formula is C18H21N. The Bertz CT molecular complexity index is 609. The van der Waals surface area contributed by atoms with Gasteiger partial charge in [-0.1, -0.05) is 29.8 Å². The van der Waals surface area contributed by atoms with Crippen molar-refractivity contribution in [3.8, 4) is 11.1 Å². The molecule has 1 aliphatic rings. The molecule has 19 heavy (non-hydrogen) atoms. The predicted octanol–water partition coefficient (Wildman–Crippen LogP) is 4.41. The van der Waals surface area contributed by atoms with Crippen molar-refractivity contribution >= 4 is 5.69 Å². The molecule has 0 fully saturated rings. The Morgan fingerprint density at radius 1 is 0.895 bits per heavy atom. The normalized spacial score (nSPS) is 12.2. The molecule has 2 aromatic rings. The molecule has 0 unspecified atom stereocenters. The maximum atomic E-state index is 2.41. The summed E-state index contributed by atoms with van der Waals surface area (Å²) in [4.78, 5) is 2.41. The lowest BCUT2D eigenvalue weighted by atomic mass is 10.0. The number of hydrogen-bond donors (Lipinski definition) is 0. The lowest BCUT2D eigenvalue weighted by Gasteiger charge is -2.21. The summed E-state index contributed by atoms with van der Waals surface area (Å²) in [6.07, 6.45) is 1.09. The molecule has 0 amide bonds. The molecular weight excluding hydrogens is 230 g/mol. The van der Waals surface area contributed by atoms with Crippen LogP contribution in [0.25, 0.3) is 11.1 Å². The van der Waals surface area contributed by atoms with Gasteiger partial charge in [0.2, 0.25) is 0 Å². The van der Waals surface area contributed by atoms with E-state index >= 15 is 0 Å². The van der Waals surface area contributed by atoms with Crippen molar-refractivity contribution in [3.63, 3.8) is 0 Å². The van der Waals surface area contributed by atoms with Gasteiger partial charge in [0.15, 0.2) is 0 Å². The summed E-state index contributed by atoms with van der Waals surface area (Å²) in [6, 6.07) is 13.8. The first-order chi connectivity index (χ1) is 9.22. The van der Waals surface area contributed by atoms with E-state index in [1.54, 1.807) is 0 Å². The zero-order valence-corrected chi connectivity index (χ0v) is 12.0. The van der Waals surface area contributed by atoms with E-state index in [4.69, 9.17) is 0 Å². The van der Waals surface area contributed by atoms with E-state index in [1.165, 1.54) is 33.5 Å². The monoisotopic (exact) mass is 251 g/mol. The highest BCUT2D eigenvalue weighted by Gasteiger charge is 2.19. The topological polar surface area (TPSA) is 3.24 Å². The van der Waals surface area contributed by atoms with Gasteiger partial charge in [0.25, 0.3) is 0 Å². The standard InChI is InChI=1S/C18H21N/c1-4-19(5-2)16-9-8-15-11-14-7-6-13(3)10-17(14)18(15)12-16/h6-10,12H,4-5,11H2,1-3H3. The van der Waals surface area contributed by atoms with Crippen molar-refractivity contribution in [3.05, 3.63) is 53.1 Å². The van der Waals surface area contributed by atoms with E-state index < -0.39 is 0 Å². The SMILES string of the molecule is CCN(CC)c1ccc2c(c1)-c1cc(C)ccc1C2. The Labute approximate surface area is 115 Å². The Balaban J connectivity index is 2.09. The first-order valence-electron chi connectivity index (χ1n) is 7.20. The Morgan fingerprint density at radius 3 is 2.21 bits per heavy atom. The van der Waals surface area contributed by atoms with E-state index in [0.717, 1.165) is 19.5 Å². The van der Waals surface area contributed by atoms with Gasteiger partial charge in [0, 0.05) is 18.8 Å². The Kier molecular flexibility index (Phi) is 3.06. The van der Waals surface area contributed by atoms with Gasteiger partial charge in [-0.3, -0.25) is 0 Å². The fraction of sp³-hybridized carbons (Fsp3) is 0.333. The molecule has 0 N–H and O–H groups in total. The molecule has 1 aliphatic carbocycles. The van der Waals surface area contributed by atoms with E-state index in [-0.39, 0.29) is 0 Å². The molecule has 0 saturated carbocycles. The first-order valence-corrected chi connectivity index (χ1v) is 7.20. The summed E-state index contributed by atoms with van der Waals surface area (Å²) >= 11 is 0. The number of anilines is 1. The molecule has 0 aromatic heterocycles. The molecule has 0 aliphatic heterocycles. The van der Waals surface area contributed by atoms with Gasteiger partial charge in [0.1, 0.15) is 0 Å². The largest absolute Gasteiger partial charge is 0.372 e. The van der Waals surface area contributed by atoms with Crippen molar-refractivity contribution in [1.29, 1.82) is 0 Å². The second-order valence-corrected chi connectivity index (χ2v) is 5.35. The highest BCUT2D eigenvalue weighted by atomic mass is 15.1. The number of rotatable bonds is 3. The molecule has 2 aromatic carbocycles. The Morgan fingerprint density at radius 2 is 1.53 bits per heavy atom. The Hall–Kier alpha value is -1.76. The van der Waals surface area contributed by atoms with Gasteiger partial charge in [-0.15, -0.1) is 0 Å². The molecule has 0 atom stereocenters. The van der Waals surface area contributed by atoms with Crippen LogP contribution in [-0.4, -0.2) is 13.1 Å². The average Bonchev–Trinajstić information content (AvgIpc) is 2.78. The zero-order valence-electron chi connectivity index (χ0n) is 12.0. The van der Waals surface area contributed by atoms with Crippen LogP contribution in [0.5, 0.6) is 0 Å². The molecule has 0 spiro atoms. The number of hydrogen-bond acceptors (Lipinski definition) is 1. The molecule has 0 bridgehead atoms. The minimum Gasteiger partial charge on any atom is -0.372 e. The number of fused-ring (bicyclic) bond motifs is 3. The van der Waals surface area contributed by atoms with Crippen molar-refractivity contribution in [2.24, 2.45) is 0 Å². The van der Waals surface area contributed by atoms with Gasteiger partial charge in [0.05, 0.1) is 0 Å². The number of aryl methyl sites for hydroxylation is 1. The second kappa shape index (κ2) is 4.73. The third-order valence-corrected chi connectivity index (χ3v) is 4.16. The predicted molar refractivity (Wildman–Crippen MR) is 83.0 cm³/mol. The number of nitrogens with zero attached hydrogens (tertiary/aromatic N) is 1. The lowest BCUT2D eigenvalue weighted by Crippen LogP contribution is -2.21. The third-order valence-electron chi connectivity index (χ3n) is 4.16. The fourth-order valence-corrected chi connectivity index (χ4v) is 3.06. The van der Waals surface area contributed by atoms with Crippen molar-refractivity contribution in [2.75, 3.05) is 18.0 Å². The third kappa shape index (κ3) is 2.03. The van der Waals surface area contributed by atoms with E-state index in [2.05, 4.69) is 62.1 Å². The van der Waals surface area contributed by atoms with Crippen molar-refractivity contribution in [2.45, 2.75) is 27.2 Å². The molecule has 1 nitrogen and oxygen atoms in total. The zero-order chi connectivity index (χ0) is 13.4. The highest BCUT2D eigenvalue weighted by molar-refractivity contribution is 5.80. The van der Waals surface area contributed by atoms with Crippen LogP contribution < -0.4 is 4.90 Å². The summed E-state index contributed by atoms with van der Waals surface area (Å²) < 4.78 is 0. The van der Waals surface area contributed by atoms with Gasteiger partial charge in [-0.25, -0.2) is 0 Å². The molecule has 98 valence electrons. The van der Waals surface area contributed by atoms with Gasteiger partial charge in [-0.2, -0.15) is 0 Å². The maximum absolute atomic E-state index is 2.41. The van der Waals surface area contributed by atoms with Crippen LogP contribution >= 0.6 is 0 Å². The van der Waals surface area contributed by atoms with Crippen LogP contribution in [0.2, 0.25) is 0 Å². The second-order valence-electron chi connectivity index (χ2n) is 5.35. The van der Waals surface area contributed by atoms with Crippen LogP contribution in [0, 0.1) is 6.92 Å². The van der Waals surface area contributed by atoms with E-state index in [1.807, 2.05) is 0 Å². The smallest absolute Gasteiger partial charge is 0.0372 e. The summed E-state index contributed by atoms with van der Waals surface area (Å²) in [6.45, 7) is 8.74. The van der Waals surface area contributed by atoms with Crippen LogP contribution in [0.4, 0.5) is 5.69 Å². The van der Waals surface area contributed by atoms with Crippen molar-refractivity contribution in [1.82, 2.24) is 0 Å². The van der Waals surface area contributed by atoms with E-state index in [9.17, 15) is 0 Å². The molecule has 1 heteroatoms. The van der Waals surface area contributed by atoms with Crippen LogP contribution in [0.3, 0.4) is 0 Å². The summed E-state index contributed by atoms with van der Waals surface area (Å²) in [5, 5.41) is 0. The number of benzene rings is 2. The highest BCUT2D eigenvalue weighted by Crippen LogP contribution is 2.39. The quantitative estimate of drug-likeness (QED) is 0.666. The van der Waals surface area contributed by atoms with Gasteiger partial charge < -0.3 is 4.90 Å². The minimum atomic E-state index is 1.07. The van der Waals surface area contributed by atoms with Gasteiger partial charge >= 0.3 is 0 Å². The average molecular weight is 251 g/mol. The van der Waals surface area contributed by atoms with Crippen LogP contribution in [0.15, 0.2) is 36.4 Å². The molecule has 3 rings (SSSR count). The van der Waals surface area contributed by atoms with E-state index in [0.29, 0.717) is 0 Å². The van der Waals surface area contributed by atoms with Gasteiger partial charge in [-0.05, 0) is 61.6 Å². The lowest BCUT2D eigenvalue weighted by molar-refractivity contribution is 0.866. The van der Waals surface area contributed by atoms with Crippen LogP contribution in [0.1, 0.15) is 30.5 Å². The van der Waals surface area contributed by atoms with Crippen molar-refractivity contribution < 1.29 is 0 Å². The summed E-state index contributed by atoms with van der Waals surface area (Å²) in [5.74, 6) is 0. The first kappa shape index (κ1) is 12.3. The molecule has 0 heterocycles. The van der Waals surface area contributed by atoms with Crippen LogP contribution in [-0.2, 0) is 6.42 Å². The summed E-state index contributed by atoms with van der Waals surface area (Å²) in [5.41, 5.74) is 8.50. The molecule has 0 saturated heterocycles. The maximum Gasteiger partial charge on any atom is 0.0372 e. The molecule has 0 radical (unpaired) electrons. The fourth-order valence-electron chi connectivity index (χ4n) is 3.06.